The number of hydrogen-bond donors (Lipinski definition) is 1. The van der Waals surface area contributed by atoms with Crippen molar-refractivity contribution in [3.05, 3.63) is 82.7 Å². The molecule has 0 spiro atoms. The van der Waals surface area contributed by atoms with E-state index in [9.17, 15) is 14.3 Å². The van der Waals surface area contributed by atoms with Crippen molar-refractivity contribution in [1.29, 1.82) is 0 Å². The normalized spacial score (nSPS) is 12.1. The van der Waals surface area contributed by atoms with Gasteiger partial charge in [-0.05, 0) is 48.5 Å². The second-order valence-electron chi connectivity index (χ2n) is 6.75. The van der Waals surface area contributed by atoms with Gasteiger partial charge in [-0.15, -0.1) is 0 Å². The Labute approximate surface area is 171 Å². The van der Waals surface area contributed by atoms with Crippen molar-refractivity contribution in [3.8, 4) is 22.8 Å². The Hall–Kier alpha value is -3.65. The third kappa shape index (κ3) is 3.65. The summed E-state index contributed by atoms with van der Waals surface area (Å²) in [4.78, 5) is 12.9. The molecule has 0 bridgehead atoms. The van der Waals surface area contributed by atoms with Gasteiger partial charge in [-0.25, -0.2) is 8.91 Å². The molecule has 7 nitrogen and oxygen atoms in total. The summed E-state index contributed by atoms with van der Waals surface area (Å²) < 4.78 is 26.6. The molecule has 0 fully saturated rings. The van der Waals surface area contributed by atoms with Gasteiger partial charge in [-0.1, -0.05) is 0 Å². The van der Waals surface area contributed by atoms with E-state index in [0.717, 1.165) is 0 Å². The number of aliphatic hydroxyl groups is 1. The lowest BCUT2D eigenvalue weighted by atomic mass is 10.1. The zero-order valence-corrected chi connectivity index (χ0v) is 16.4. The van der Waals surface area contributed by atoms with Crippen LogP contribution in [0, 0.1) is 5.82 Å². The number of nitrogens with zero attached hydrogens (tertiary/aromatic N) is 3. The lowest BCUT2D eigenvalue weighted by Gasteiger charge is -2.17. The van der Waals surface area contributed by atoms with Crippen LogP contribution >= 0.6 is 0 Å². The summed E-state index contributed by atoms with van der Waals surface area (Å²) in [6.07, 6.45) is 2.21. The minimum absolute atomic E-state index is 0.0237. The Morgan fingerprint density at radius 3 is 2.53 bits per heavy atom. The molecule has 2 aromatic carbocycles. The van der Waals surface area contributed by atoms with Crippen LogP contribution in [0.15, 0.2) is 65.7 Å². The van der Waals surface area contributed by atoms with E-state index in [-0.39, 0.29) is 17.9 Å². The third-order valence-electron chi connectivity index (χ3n) is 4.91. The molecule has 0 aliphatic heterocycles. The van der Waals surface area contributed by atoms with Crippen LogP contribution in [-0.2, 0) is 6.54 Å². The van der Waals surface area contributed by atoms with Gasteiger partial charge in [-0.3, -0.25) is 4.79 Å². The smallest absolute Gasteiger partial charge is 0.276 e. The highest BCUT2D eigenvalue weighted by molar-refractivity contribution is 5.65. The molecule has 0 saturated carbocycles. The van der Waals surface area contributed by atoms with Gasteiger partial charge in [0.15, 0.2) is 0 Å². The van der Waals surface area contributed by atoms with E-state index in [4.69, 9.17) is 9.47 Å². The molecule has 8 heteroatoms. The molecule has 2 aromatic heterocycles. The van der Waals surface area contributed by atoms with E-state index in [2.05, 4.69) is 5.10 Å². The average molecular weight is 409 g/mol. The second kappa shape index (κ2) is 8.00. The molecule has 4 aromatic rings. The zero-order valence-electron chi connectivity index (χ0n) is 16.4. The molecular weight excluding hydrogens is 389 g/mol. The summed E-state index contributed by atoms with van der Waals surface area (Å²) in [5.41, 5.74) is 1.82. The quantitative estimate of drug-likeness (QED) is 0.530. The minimum atomic E-state index is -0.991. The van der Waals surface area contributed by atoms with Gasteiger partial charge >= 0.3 is 0 Å². The number of methoxy groups -OCH3 is 2. The SMILES string of the molecule is COc1ccc(OC)c(C(O)Cn2ccn3nc(-c4ccc(F)cc4)cc3c2=O)c1. The number of halogens is 1. The predicted molar refractivity (Wildman–Crippen MR) is 109 cm³/mol. The highest BCUT2D eigenvalue weighted by Crippen LogP contribution is 2.30. The number of aromatic nitrogens is 3. The van der Waals surface area contributed by atoms with Gasteiger partial charge in [-0.2, -0.15) is 5.10 Å². The van der Waals surface area contributed by atoms with Crippen LogP contribution in [0.2, 0.25) is 0 Å². The Morgan fingerprint density at radius 1 is 1.07 bits per heavy atom. The molecule has 1 N–H and O–H groups in total. The largest absolute Gasteiger partial charge is 0.497 e. The summed E-state index contributed by atoms with van der Waals surface area (Å²) >= 11 is 0. The van der Waals surface area contributed by atoms with E-state index in [1.165, 1.54) is 35.4 Å². The Kier molecular flexibility index (Phi) is 5.24. The number of rotatable bonds is 6. The third-order valence-corrected chi connectivity index (χ3v) is 4.91. The molecule has 0 aliphatic carbocycles. The molecule has 0 saturated heterocycles. The number of benzene rings is 2. The summed E-state index contributed by atoms with van der Waals surface area (Å²) in [7, 11) is 3.05. The molecule has 30 heavy (non-hydrogen) atoms. The van der Waals surface area contributed by atoms with E-state index in [1.807, 2.05) is 0 Å². The Balaban J connectivity index is 1.68. The molecule has 0 aliphatic rings. The molecule has 1 atom stereocenters. The average Bonchev–Trinajstić information content (AvgIpc) is 3.21. The predicted octanol–water partition coefficient (Wildman–Crippen LogP) is 3.05. The molecule has 154 valence electrons. The van der Waals surface area contributed by atoms with Crippen molar-refractivity contribution < 1.29 is 19.0 Å². The second-order valence-corrected chi connectivity index (χ2v) is 6.75. The molecule has 1 unspecified atom stereocenters. The molecule has 4 rings (SSSR count). The summed E-state index contributed by atoms with van der Waals surface area (Å²) in [6, 6.07) is 12.7. The van der Waals surface area contributed by atoms with Crippen molar-refractivity contribution >= 4 is 5.52 Å². The van der Waals surface area contributed by atoms with Crippen LogP contribution in [0.3, 0.4) is 0 Å². The van der Waals surface area contributed by atoms with Gasteiger partial charge < -0.3 is 19.1 Å². The van der Waals surface area contributed by atoms with Crippen LogP contribution in [0.4, 0.5) is 4.39 Å². The fourth-order valence-electron chi connectivity index (χ4n) is 3.32. The first-order chi connectivity index (χ1) is 14.5. The van der Waals surface area contributed by atoms with Crippen LogP contribution < -0.4 is 15.0 Å². The van der Waals surface area contributed by atoms with Gasteiger partial charge in [0, 0.05) is 23.5 Å². The lowest BCUT2D eigenvalue weighted by Crippen LogP contribution is -2.24. The molecule has 2 heterocycles. The first-order valence-electron chi connectivity index (χ1n) is 9.25. The highest BCUT2D eigenvalue weighted by Gasteiger charge is 2.17. The topological polar surface area (TPSA) is 78.0 Å². The maximum atomic E-state index is 13.2. The van der Waals surface area contributed by atoms with Crippen LogP contribution in [0.25, 0.3) is 16.8 Å². The van der Waals surface area contributed by atoms with Gasteiger partial charge in [0.25, 0.3) is 5.56 Å². The Morgan fingerprint density at radius 2 is 1.83 bits per heavy atom. The maximum absolute atomic E-state index is 13.2. The summed E-state index contributed by atoms with van der Waals surface area (Å²) in [5.74, 6) is 0.736. The monoisotopic (exact) mass is 409 g/mol. The van der Waals surface area contributed by atoms with Crippen LogP contribution in [-0.4, -0.2) is 33.5 Å². The van der Waals surface area contributed by atoms with E-state index >= 15 is 0 Å². The fourth-order valence-corrected chi connectivity index (χ4v) is 3.32. The van der Waals surface area contributed by atoms with Gasteiger partial charge in [0.1, 0.15) is 28.9 Å². The molecular formula is C22H20FN3O4. The van der Waals surface area contributed by atoms with Crippen LogP contribution in [0.1, 0.15) is 11.7 Å². The summed E-state index contributed by atoms with van der Waals surface area (Å²) in [5, 5.41) is 15.1. The number of fused-ring (bicyclic) bond motifs is 1. The van der Waals surface area contributed by atoms with E-state index in [1.54, 1.807) is 48.8 Å². The number of aliphatic hydroxyl groups excluding tert-OH is 1. The van der Waals surface area contributed by atoms with E-state index in [0.29, 0.717) is 33.8 Å². The minimum Gasteiger partial charge on any atom is -0.497 e. The van der Waals surface area contributed by atoms with Crippen molar-refractivity contribution in [3.63, 3.8) is 0 Å². The van der Waals surface area contributed by atoms with Crippen LogP contribution in [0.5, 0.6) is 11.5 Å². The lowest BCUT2D eigenvalue weighted by molar-refractivity contribution is 0.151. The standard InChI is InChI=1S/C22H20FN3O4/c1-29-16-7-8-21(30-2)17(11-16)20(27)13-25-9-10-26-19(22(25)28)12-18(24-26)14-3-5-15(23)6-4-14/h3-12,20,27H,13H2,1-2H3. The summed E-state index contributed by atoms with van der Waals surface area (Å²) in [6.45, 7) is 0.0237. The maximum Gasteiger partial charge on any atom is 0.276 e. The highest BCUT2D eigenvalue weighted by atomic mass is 19.1. The fraction of sp³-hybridized carbons (Fsp3) is 0.182. The molecule has 0 amide bonds. The van der Waals surface area contributed by atoms with Crippen molar-refractivity contribution in [2.45, 2.75) is 12.6 Å². The molecule has 0 radical (unpaired) electrons. The first-order valence-corrected chi connectivity index (χ1v) is 9.25. The number of hydrogen-bond acceptors (Lipinski definition) is 5. The van der Waals surface area contributed by atoms with Crippen molar-refractivity contribution in [1.82, 2.24) is 14.2 Å². The Bertz CT molecular complexity index is 1250. The first kappa shape index (κ1) is 19.7. The van der Waals surface area contributed by atoms with Gasteiger partial charge in [0.2, 0.25) is 0 Å². The number of ether oxygens (including phenoxy) is 2. The van der Waals surface area contributed by atoms with Gasteiger partial charge in [0.05, 0.1) is 26.5 Å². The van der Waals surface area contributed by atoms with E-state index < -0.39 is 6.10 Å². The van der Waals surface area contributed by atoms with Crippen molar-refractivity contribution in [2.75, 3.05) is 14.2 Å². The van der Waals surface area contributed by atoms with Crippen molar-refractivity contribution in [2.24, 2.45) is 0 Å². The zero-order chi connectivity index (χ0) is 21.3.